The number of rotatable bonds is 3. The third-order valence-electron chi connectivity index (χ3n) is 2.74. The molecule has 1 aliphatic rings. The van der Waals surface area contributed by atoms with Crippen LogP contribution in [0.2, 0.25) is 0 Å². The summed E-state index contributed by atoms with van der Waals surface area (Å²) in [7, 11) is 0. The Hall–Kier alpha value is -1.84. The summed E-state index contributed by atoms with van der Waals surface area (Å²) in [6.45, 7) is 0. The molecule has 1 aliphatic carbocycles. The lowest BCUT2D eigenvalue weighted by Gasteiger charge is -2.10. The van der Waals surface area contributed by atoms with Crippen molar-refractivity contribution in [2.24, 2.45) is 0 Å². The molecule has 0 heterocycles. The van der Waals surface area contributed by atoms with E-state index in [0.29, 0.717) is 6.41 Å². The Morgan fingerprint density at radius 1 is 1.53 bits per heavy atom. The minimum absolute atomic E-state index is 0.0307. The van der Waals surface area contributed by atoms with Crippen LogP contribution in [0.3, 0.4) is 0 Å². The second kappa shape index (κ2) is 3.73. The SMILES string of the molecule is O=CNC1CCc2ccc(C(=O)O)cc21. The van der Waals surface area contributed by atoms with E-state index in [1.165, 1.54) is 0 Å². The lowest BCUT2D eigenvalue weighted by Crippen LogP contribution is -2.17. The summed E-state index contributed by atoms with van der Waals surface area (Å²) >= 11 is 0. The van der Waals surface area contributed by atoms with Crippen LogP contribution >= 0.6 is 0 Å². The van der Waals surface area contributed by atoms with Crippen LogP contribution in [-0.2, 0) is 11.2 Å². The quantitative estimate of drug-likeness (QED) is 0.726. The summed E-state index contributed by atoms with van der Waals surface area (Å²) in [6, 6.07) is 5.04. The minimum Gasteiger partial charge on any atom is -0.478 e. The summed E-state index contributed by atoms with van der Waals surface area (Å²) < 4.78 is 0. The van der Waals surface area contributed by atoms with Crippen LogP contribution in [-0.4, -0.2) is 17.5 Å². The van der Waals surface area contributed by atoms with Crippen LogP contribution in [0, 0.1) is 0 Å². The van der Waals surface area contributed by atoms with Crippen LogP contribution in [0.25, 0.3) is 0 Å². The fourth-order valence-corrected chi connectivity index (χ4v) is 1.99. The molecule has 0 aliphatic heterocycles. The average molecular weight is 205 g/mol. The van der Waals surface area contributed by atoms with Gasteiger partial charge in [0.15, 0.2) is 0 Å². The van der Waals surface area contributed by atoms with E-state index in [9.17, 15) is 9.59 Å². The standard InChI is InChI=1S/C11H11NO3/c13-6-12-10-4-3-7-1-2-8(11(14)15)5-9(7)10/h1-2,5-6,10H,3-4H2,(H,12,13)(H,14,15). The van der Waals surface area contributed by atoms with Gasteiger partial charge in [0.05, 0.1) is 11.6 Å². The number of carboxylic acids is 1. The maximum Gasteiger partial charge on any atom is 0.335 e. The summed E-state index contributed by atoms with van der Waals surface area (Å²) in [5.74, 6) is -0.936. The molecule has 1 aromatic carbocycles. The summed E-state index contributed by atoms with van der Waals surface area (Å²) in [5.41, 5.74) is 2.33. The largest absolute Gasteiger partial charge is 0.478 e. The fourth-order valence-electron chi connectivity index (χ4n) is 1.99. The van der Waals surface area contributed by atoms with Gasteiger partial charge in [-0.1, -0.05) is 6.07 Å². The van der Waals surface area contributed by atoms with E-state index in [4.69, 9.17) is 5.11 Å². The number of amides is 1. The van der Waals surface area contributed by atoms with Gasteiger partial charge in [0.1, 0.15) is 0 Å². The van der Waals surface area contributed by atoms with Gasteiger partial charge in [-0.15, -0.1) is 0 Å². The van der Waals surface area contributed by atoms with Gasteiger partial charge < -0.3 is 10.4 Å². The molecule has 2 N–H and O–H groups in total. The number of carbonyl (C=O) groups is 2. The molecule has 1 atom stereocenters. The molecule has 78 valence electrons. The van der Waals surface area contributed by atoms with Crippen molar-refractivity contribution in [3.05, 3.63) is 34.9 Å². The number of benzene rings is 1. The van der Waals surface area contributed by atoms with Crippen molar-refractivity contribution in [3.63, 3.8) is 0 Å². The minimum atomic E-state index is -0.936. The maximum atomic E-state index is 10.8. The maximum absolute atomic E-state index is 10.8. The summed E-state index contributed by atoms with van der Waals surface area (Å²) in [6.07, 6.45) is 2.39. The lowest BCUT2D eigenvalue weighted by atomic mass is 10.0. The molecule has 1 unspecified atom stereocenters. The molecule has 4 heteroatoms. The van der Waals surface area contributed by atoms with Crippen molar-refractivity contribution in [1.29, 1.82) is 0 Å². The first kappa shape index (κ1) is 9.71. The van der Waals surface area contributed by atoms with Crippen molar-refractivity contribution in [2.75, 3.05) is 0 Å². The van der Waals surface area contributed by atoms with Gasteiger partial charge >= 0.3 is 5.97 Å². The van der Waals surface area contributed by atoms with Crippen LogP contribution < -0.4 is 5.32 Å². The average Bonchev–Trinajstić information content (AvgIpc) is 2.61. The first-order valence-electron chi connectivity index (χ1n) is 4.78. The summed E-state index contributed by atoms with van der Waals surface area (Å²) in [4.78, 5) is 21.1. The number of hydrogen-bond acceptors (Lipinski definition) is 2. The van der Waals surface area contributed by atoms with Gasteiger partial charge in [-0.25, -0.2) is 4.79 Å². The van der Waals surface area contributed by atoms with E-state index in [1.54, 1.807) is 12.1 Å². The van der Waals surface area contributed by atoms with Crippen molar-refractivity contribution in [1.82, 2.24) is 5.32 Å². The second-order valence-corrected chi connectivity index (χ2v) is 3.59. The molecule has 0 spiro atoms. The Bertz CT molecular complexity index is 414. The second-order valence-electron chi connectivity index (χ2n) is 3.59. The Kier molecular flexibility index (Phi) is 2.41. The van der Waals surface area contributed by atoms with Crippen LogP contribution in [0.1, 0.15) is 33.9 Å². The van der Waals surface area contributed by atoms with Crippen LogP contribution in [0.15, 0.2) is 18.2 Å². The summed E-state index contributed by atoms with van der Waals surface area (Å²) in [5, 5.41) is 11.5. The molecule has 0 saturated carbocycles. The highest BCUT2D eigenvalue weighted by molar-refractivity contribution is 5.88. The van der Waals surface area contributed by atoms with Gasteiger partial charge in [-0.3, -0.25) is 4.79 Å². The highest BCUT2D eigenvalue weighted by atomic mass is 16.4. The van der Waals surface area contributed by atoms with E-state index >= 15 is 0 Å². The monoisotopic (exact) mass is 205 g/mol. The highest BCUT2D eigenvalue weighted by Crippen LogP contribution is 2.31. The molecule has 0 fully saturated rings. The predicted molar refractivity (Wildman–Crippen MR) is 53.7 cm³/mol. The first-order chi connectivity index (χ1) is 7.22. The normalized spacial score (nSPS) is 18.3. The van der Waals surface area contributed by atoms with E-state index in [1.807, 2.05) is 6.07 Å². The molecule has 0 saturated heterocycles. The van der Waals surface area contributed by atoms with E-state index in [2.05, 4.69) is 5.32 Å². The van der Waals surface area contributed by atoms with Crippen LogP contribution in [0.5, 0.6) is 0 Å². The topological polar surface area (TPSA) is 66.4 Å². The number of hydrogen-bond donors (Lipinski definition) is 2. The molecule has 0 bridgehead atoms. The van der Waals surface area contributed by atoms with Gasteiger partial charge in [0.2, 0.25) is 6.41 Å². The van der Waals surface area contributed by atoms with E-state index < -0.39 is 5.97 Å². The Morgan fingerprint density at radius 3 is 3.00 bits per heavy atom. The third kappa shape index (κ3) is 1.70. The molecular formula is C11H11NO3. The molecule has 0 radical (unpaired) electrons. The number of fused-ring (bicyclic) bond motifs is 1. The molecule has 0 aromatic heterocycles. The molecule has 15 heavy (non-hydrogen) atoms. The molecule has 4 nitrogen and oxygen atoms in total. The molecule has 2 rings (SSSR count). The van der Waals surface area contributed by atoms with Crippen molar-refractivity contribution < 1.29 is 14.7 Å². The van der Waals surface area contributed by atoms with Crippen molar-refractivity contribution >= 4 is 12.4 Å². The van der Waals surface area contributed by atoms with Gasteiger partial charge in [0.25, 0.3) is 0 Å². The van der Waals surface area contributed by atoms with E-state index in [0.717, 1.165) is 24.0 Å². The van der Waals surface area contributed by atoms with Crippen molar-refractivity contribution in [3.8, 4) is 0 Å². The predicted octanol–water partition coefficient (Wildman–Crippen LogP) is 1.12. The zero-order valence-corrected chi connectivity index (χ0v) is 8.06. The highest BCUT2D eigenvalue weighted by Gasteiger charge is 2.22. The Morgan fingerprint density at radius 2 is 2.33 bits per heavy atom. The van der Waals surface area contributed by atoms with Crippen LogP contribution in [0.4, 0.5) is 0 Å². The van der Waals surface area contributed by atoms with E-state index in [-0.39, 0.29) is 11.6 Å². The zero-order chi connectivity index (χ0) is 10.8. The molecule has 1 aromatic rings. The fraction of sp³-hybridized carbons (Fsp3) is 0.273. The zero-order valence-electron chi connectivity index (χ0n) is 8.06. The Balaban J connectivity index is 2.37. The molecule has 1 amide bonds. The number of carboxylic acid groups (broad SMARTS) is 1. The number of aryl methyl sites for hydroxylation is 1. The Labute approximate surface area is 86.9 Å². The first-order valence-corrected chi connectivity index (χ1v) is 4.78. The third-order valence-corrected chi connectivity index (χ3v) is 2.74. The van der Waals surface area contributed by atoms with Crippen molar-refractivity contribution in [2.45, 2.75) is 18.9 Å². The molecular weight excluding hydrogens is 194 g/mol. The van der Waals surface area contributed by atoms with Gasteiger partial charge in [-0.05, 0) is 36.1 Å². The van der Waals surface area contributed by atoms with Gasteiger partial charge in [-0.2, -0.15) is 0 Å². The van der Waals surface area contributed by atoms with Gasteiger partial charge in [0, 0.05) is 0 Å². The number of nitrogens with one attached hydrogen (secondary N) is 1. The lowest BCUT2D eigenvalue weighted by molar-refractivity contribution is -0.110. The number of aromatic carboxylic acids is 1. The number of carbonyl (C=O) groups excluding carboxylic acids is 1. The smallest absolute Gasteiger partial charge is 0.335 e.